The summed E-state index contributed by atoms with van der Waals surface area (Å²) in [5.74, 6) is -1.94. The van der Waals surface area contributed by atoms with Gasteiger partial charge in [0.2, 0.25) is 0 Å². The molecule has 4 fully saturated rings. The first-order valence-corrected chi connectivity index (χ1v) is 29.6. The first-order valence-electron chi connectivity index (χ1n) is 26.0. The molecule has 4 aromatic carbocycles. The Morgan fingerprint density at radius 1 is 0.562 bits per heavy atom. The average molecular weight is 1180 g/mol. The van der Waals surface area contributed by atoms with E-state index in [1.165, 1.54) is 58.1 Å². The first-order chi connectivity index (χ1) is 37.5. The van der Waals surface area contributed by atoms with Crippen LogP contribution in [0.1, 0.15) is 78.3 Å². The van der Waals surface area contributed by atoms with Gasteiger partial charge >= 0.3 is 30.1 Å². The Hall–Kier alpha value is -6.76. The highest BCUT2D eigenvalue weighted by Gasteiger charge is 2.33. The molecule has 0 aliphatic carbocycles. The summed E-state index contributed by atoms with van der Waals surface area (Å²) in [7, 11) is -3.98. The number of piperidine rings is 2. The fourth-order valence-corrected chi connectivity index (χ4v) is 11.5. The molecule has 1 N–H and O–H groups in total. The molecule has 436 valence electrons. The number of esters is 2. The van der Waals surface area contributed by atoms with Gasteiger partial charge in [0.15, 0.2) is 19.7 Å². The number of nitrogens with zero attached hydrogens (tertiary/aromatic N) is 5. The van der Waals surface area contributed by atoms with Gasteiger partial charge in [-0.25, -0.2) is 49.6 Å². The minimum atomic E-state index is -3.22. The summed E-state index contributed by atoms with van der Waals surface area (Å²) in [6, 6.07) is 20.8. The number of hydrogen-bond acceptors (Lipinski definition) is 15. The van der Waals surface area contributed by atoms with Crippen molar-refractivity contribution in [3.63, 3.8) is 0 Å². The van der Waals surface area contributed by atoms with Crippen LogP contribution in [0.2, 0.25) is 0 Å². The van der Waals surface area contributed by atoms with Crippen LogP contribution < -0.4 is 24.6 Å². The third-order valence-electron chi connectivity index (χ3n) is 13.6. The zero-order chi connectivity index (χ0) is 57.1. The molecular weight excluding hydrogens is 1110 g/mol. The Morgan fingerprint density at radius 3 is 1.29 bits per heavy atom. The van der Waals surface area contributed by atoms with Crippen molar-refractivity contribution in [1.29, 1.82) is 0 Å². The second kappa shape index (κ2) is 27.6. The third kappa shape index (κ3) is 17.4. The van der Waals surface area contributed by atoms with Crippen molar-refractivity contribution in [2.75, 3.05) is 99.4 Å². The molecule has 20 nitrogen and oxygen atoms in total. The summed E-state index contributed by atoms with van der Waals surface area (Å²) >= 11 is 0. The number of likely N-dealkylation sites (tertiary alicyclic amines) is 1. The molecule has 4 aliphatic rings. The van der Waals surface area contributed by atoms with Gasteiger partial charge < -0.3 is 43.7 Å². The number of methoxy groups -OCH3 is 2. The largest absolute Gasteiger partial charge is 0.490 e. The summed E-state index contributed by atoms with van der Waals surface area (Å²) < 4.78 is 104. The van der Waals surface area contributed by atoms with Crippen molar-refractivity contribution in [2.45, 2.75) is 77.4 Å². The highest BCUT2D eigenvalue weighted by Crippen LogP contribution is 2.29. The number of hydrogen-bond donors (Lipinski definition) is 1. The number of carbonyl (C=O) groups excluding carboxylic acids is 5. The zero-order valence-corrected chi connectivity index (χ0v) is 47.8. The van der Waals surface area contributed by atoms with Gasteiger partial charge in [-0.3, -0.25) is 9.80 Å². The SMILES string of the molecule is COC(=O)c1ccc(CN(C(=O)N2CCS(=O)(=O)CC2)c2ccc(OC3CCN(C(=O)OC(C)(C)C)CC3)cc2)c(F)c1.COC(=O)c1ccc(CN(C(=O)N2CCS(=O)(=O)CC2)c2ccc(OC3CCNCC3)cc2)c(F)c1.Cl. The van der Waals surface area contributed by atoms with Gasteiger partial charge in [0.1, 0.15) is 40.9 Å². The summed E-state index contributed by atoms with van der Waals surface area (Å²) in [5, 5.41) is 3.29. The smallest absolute Gasteiger partial charge is 0.410 e. The van der Waals surface area contributed by atoms with Crippen molar-refractivity contribution >= 4 is 73.6 Å². The first kappa shape index (κ1) is 62.4. The van der Waals surface area contributed by atoms with E-state index in [4.69, 9.17) is 14.2 Å². The molecule has 5 amide bonds. The molecule has 0 saturated carbocycles. The lowest BCUT2D eigenvalue weighted by Gasteiger charge is -2.34. The van der Waals surface area contributed by atoms with Gasteiger partial charge in [0.05, 0.1) is 61.4 Å². The van der Waals surface area contributed by atoms with E-state index in [1.54, 1.807) is 53.4 Å². The quantitative estimate of drug-likeness (QED) is 0.109. The number of benzene rings is 4. The summed E-state index contributed by atoms with van der Waals surface area (Å²) in [5.41, 5.74) is 0.896. The molecule has 4 aliphatic heterocycles. The molecule has 0 unspecified atom stereocenters. The van der Waals surface area contributed by atoms with Gasteiger partial charge in [-0.2, -0.15) is 0 Å². The maximum atomic E-state index is 15.0. The summed E-state index contributed by atoms with van der Waals surface area (Å²) in [6.45, 7) is 8.23. The topological polar surface area (TPSA) is 228 Å². The maximum Gasteiger partial charge on any atom is 0.410 e. The second-order valence-corrected chi connectivity index (χ2v) is 25.1. The zero-order valence-electron chi connectivity index (χ0n) is 45.4. The number of sulfone groups is 2. The van der Waals surface area contributed by atoms with Crippen molar-refractivity contribution in [3.05, 3.63) is 119 Å². The predicted molar refractivity (Wildman–Crippen MR) is 297 cm³/mol. The Kier molecular flexibility index (Phi) is 21.5. The summed E-state index contributed by atoms with van der Waals surface area (Å²) in [4.78, 5) is 70.3. The Labute approximate surface area is 471 Å². The highest BCUT2D eigenvalue weighted by molar-refractivity contribution is 7.91. The third-order valence-corrected chi connectivity index (χ3v) is 16.8. The molecule has 0 aromatic heterocycles. The van der Waals surface area contributed by atoms with Crippen LogP contribution in [0.25, 0.3) is 0 Å². The molecule has 0 spiro atoms. The molecule has 0 radical (unpaired) electrons. The molecule has 25 heteroatoms. The molecule has 80 heavy (non-hydrogen) atoms. The number of halogens is 3. The van der Waals surface area contributed by atoms with Gasteiger partial charge in [-0.05, 0) is 119 Å². The summed E-state index contributed by atoms with van der Waals surface area (Å²) in [6.07, 6.45) is 2.74. The minimum Gasteiger partial charge on any atom is -0.490 e. The van der Waals surface area contributed by atoms with E-state index < -0.39 is 60.9 Å². The van der Waals surface area contributed by atoms with Crippen molar-refractivity contribution in [2.24, 2.45) is 0 Å². The van der Waals surface area contributed by atoms with Crippen molar-refractivity contribution in [3.8, 4) is 11.5 Å². The predicted octanol–water partition coefficient (Wildman–Crippen LogP) is 7.27. The lowest BCUT2D eigenvalue weighted by atomic mass is 10.1. The molecule has 8 rings (SSSR count). The number of rotatable bonds is 12. The Bertz CT molecular complexity index is 3020. The van der Waals surface area contributed by atoms with Gasteiger partial charge in [-0.1, -0.05) is 12.1 Å². The van der Waals surface area contributed by atoms with Crippen molar-refractivity contribution in [1.82, 2.24) is 20.0 Å². The van der Waals surface area contributed by atoms with Gasteiger partial charge in [0, 0.05) is 74.6 Å². The maximum absolute atomic E-state index is 15.0. The Balaban J connectivity index is 0.000000259. The fraction of sp³-hybridized carbons (Fsp3) is 0.473. The number of nitrogens with one attached hydrogen (secondary N) is 1. The fourth-order valence-electron chi connectivity index (χ4n) is 9.06. The number of anilines is 2. The van der Waals surface area contributed by atoms with Crippen LogP contribution in [0.15, 0.2) is 84.9 Å². The van der Waals surface area contributed by atoms with Crippen LogP contribution in [-0.4, -0.2) is 169 Å². The number of urea groups is 2. The van der Waals surface area contributed by atoms with Crippen LogP contribution in [-0.2, 0) is 47.0 Å². The standard InChI is InChI=1S/C30H38FN3O8S.C25H30FN3O6S.ClH/c1-30(2,3)42-29(37)33-13-11-25(12-14-33)41-24-9-7-23(8-10-24)34(28(36)32-15-17-43(38,39)18-16-32)20-22-6-5-21(19-26(22)31)27(35)40-4;1-34-24(30)18-2-3-19(23(26)16-18)17-29(25(31)28-12-14-36(32,33)15-13-28)20-4-6-21(7-5-20)35-22-8-10-27-11-9-22;/h5-10,19,25H,11-18,20H2,1-4H3;2-7,16,22,27H,8-15,17H2,1H3;1H. The van der Waals surface area contributed by atoms with E-state index in [9.17, 15) is 45.2 Å². The average Bonchev–Trinajstić information content (AvgIpc) is 3.42. The molecule has 0 bridgehead atoms. The van der Waals surface area contributed by atoms with E-state index in [1.807, 2.05) is 20.8 Å². The normalized spacial score (nSPS) is 17.3. The van der Waals surface area contributed by atoms with Crippen LogP contribution >= 0.6 is 12.4 Å². The van der Waals surface area contributed by atoms with E-state index in [2.05, 4.69) is 14.8 Å². The lowest BCUT2D eigenvalue weighted by Crippen LogP contribution is -2.49. The number of carbonyl (C=O) groups is 5. The lowest BCUT2D eigenvalue weighted by molar-refractivity contribution is 0.0126. The van der Waals surface area contributed by atoms with E-state index in [-0.39, 0.29) is 115 Å². The molecular formula is C55H69ClF2N6O14S2. The second-order valence-electron chi connectivity index (χ2n) is 20.5. The molecule has 4 saturated heterocycles. The molecule has 0 atom stereocenters. The number of ether oxygens (including phenoxy) is 5. The van der Waals surface area contributed by atoms with Crippen LogP contribution in [0.3, 0.4) is 0 Å². The Morgan fingerprint density at radius 2 is 0.938 bits per heavy atom. The van der Waals surface area contributed by atoms with E-state index in [0.717, 1.165) is 38.1 Å². The van der Waals surface area contributed by atoms with Gasteiger partial charge in [-0.15, -0.1) is 12.4 Å². The number of amides is 5. The van der Waals surface area contributed by atoms with Crippen LogP contribution in [0.5, 0.6) is 11.5 Å². The monoisotopic (exact) mass is 1170 g/mol. The minimum absolute atomic E-state index is 0. The van der Waals surface area contributed by atoms with E-state index in [0.29, 0.717) is 48.8 Å². The van der Waals surface area contributed by atoms with Crippen molar-refractivity contribution < 1.29 is 73.3 Å². The van der Waals surface area contributed by atoms with E-state index >= 15 is 4.39 Å². The van der Waals surface area contributed by atoms with Gasteiger partial charge in [0.25, 0.3) is 0 Å². The molecule has 4 aromatic rings. The molecule has 4 heterocycles. The highest BCUT2D eigenvalue weighted by atomic mass is 35.5. The van der Waals surface area contributed by atoms with Crippen LogP contribution in [0.4, 0.5) is 34.5 Å². The van der Waals surface area contributed by atoms with Crippen LogP contribution in [0, 0.1) is 11.6 Å².